The highest BCUT2D eigenvalue weighted by Gasteiger charge is 2.26. The van der Waals surface area contributed by atoms with Crippen LogP contribution in [0.1, 0.15) is 26.7 Å². The van der Waals surface area contributed by atoms with Gasteiger partial charge in [-0.3, -0.25) is 4.79 Å². The van der Waals surface area contributed by atoms with Crippen molar-refractivity contribution in [2.24, 2.45) is 5.92 Å². The number of hydrogen-bond donors (Lipinski definition) is 1. The smallest absolute Gasteiger partial charge is 0.231 e. The van der Waals surface area contributed by atoms with E-state index in [9.17, 15) is 4.79 Å². The van der Waals surface area contributed by atoms with Gasteiger partial charge < -0.3 is 10.2 Å². The van der Waals surface area contributed by atoms with E-state index in [0.717, 1.165) is 26.1 Å². The molecule has 1 rings (SSSR count). The minimum Gasteiger partial charge on any atom is -0.346 e. The van der Waals surface area contributed by atoms with Gasteiger partial charge in [-0.1, -0.05) is 0 Å². The van der Waals surface area contributed by atoms with Gasteiger partial charge in [0.05, 0.1) is 19.0 Å². The molecule has 0 aromatic rings. The molecule has 1 unspecified atom stereocenters. The molecule has 0 aliphatic carbocycles. The molecule has 1 saturated heterocycles. The van der Waals surface area contributed by atoms with E-state index in [0.29, 0.717) is 5.91 Å². The zero-order valence-corrected chi connectivity index (χ0v) is 8.75. The highest BCUT2D eigenvalue weighted by atomic mass is 16.2. The van der Waals surface area contributed by atoms with Crippen molar-refractivity contribution in [1.29, 1.82) is 0 Å². The largest absolute Gasteiger partial charge is 0.346 e. The standard InChI is InChI=1S/C10H20N2O/c1-3-12(4-2)10(13)9-6-5-7-11-8-9/h9,11H,3-8H2,1-2H3/p+1. The summed E-state index contributed by atoms with van der Waals surface area (Å²) in [6.45, 7) is 8.00. The summed E-state index contributed by atoms with van der Waals surface area (Å²) in [5, 5.41) is 2.26. The Bertz CT molecular complexity index is 160. The summed E-state index contributed by atoms with van der Waals surface area (Å²) in [5.74, 6) is 0.648. The van der Waals surface area contributed by atoms with E-state index in [2.05, 4.69) is 5.32 Å². The van der Waals surface area contributed by atoms with Crippen LogP contribution >= 0.6 is 0 Å². The van der Waals surface area contributed by atoms with Gasteiger partial charge in [0, 0.05) is 13.1 Å². The third-order valence-electron chi connectivity index (χ3n) is 2.84. The van der Waals surface area contributed by atoms with Crippen molar-refractivity contribution >= 4 is 5.91 Å². The van der Waals surface area contributed by atoms with Gasteiger partial charge in [0.1, 0.15) is 0 Å². The molecule has 76 valence electrons. The Kier molecular flexibility index (Phi) is 4.22. The van der Waals surface area contributed by atoms with Crippen LogP contribution in [0.15, 0.2) is 0 Å². The second-order valence-corrected chi connectivity index (χ2v) is 3.66. The van der Waals surface area contributed by atoms with Crippen LogP contribution in [0.25, 0.3) is 0 Å². The molecule has 0 radical (unpaired) electrons. The van der Waals surface area contributed by atoms with E-state index >= 15 is 0 Å². The molecule has 0 bridgehead atoms. The Morgan fingerprint density at radius 2 is 2.15 bits per heavy atom. The van der Waals surface area contributed by atoms with Gasteiger partial charge in [0.25, 0.3) is 0 Å². The molecule has 2 N–H and O–H groups in total. The average Bonchev–Trinajstić information content (AvgIpc) is 2.21. The summed E-state index contributed by atoms with van der Waals surface area (Å²) in [7, 11) is 0. The Labute approximate surface area is 80.5 Å². The fraction of sp³-hybridized carbons (Fsp3) is 0.900. The van der Waals surface area contributed by atoms with Gasteiger partial charge >= 0.3 is 0 Å². The minimum absolute atomic E-state index is 0.286. The van der Waals surface area contributed by atoms with Crippen LogP contribution in [0, 0.1) is 5.92 Å². The fourth-order valence-electron chi connectivity index (χ4n) is 1.96. The molecule has 1 heterocycles. The average molecular weight is 185 g/mol. The van der Waals surface area contributed by atoms with Gasteiger partial charge in [-0.2, -0.15) is 0 Å². The number of hydrogen-bond acceptors (Lipinski definition) is 1. The maximum Gasteiger partial charge on any atom is 0.231 e. The maximum absolute atomic E-state index is 11.9. The molecule has 0 saturated carbocycles. The van der Waals surface area contributed by atoms with Crippen LogP contribution in [0.3, 0.4) is 0 Å². The van der Waals surface area contributed by atoms with Crippen molar-refractivity contribution < 1.29 is 10.1 Å². The SMILES string of the molecule is CCN(CC)C(=O)C1CCC[NH2+]C1. The van der Waals surface area contributed by atoms with Gasteiger partial charge in [-0.25, -0.2) is 0 Å². The Hall–Kier alpha value is -0.570. The molecule has 3 nitrogen and oxygen atoms in total. The van der Waals surface area contributed by atoms with Gasteiger partial charge in [0.2, 0.25) is 5.91 Å². The summed E-state index contributed by atoms with van der Waals surface area (Å²) >= 11 is 0. The first-order valence-electron chi connectivity index (χ1n) is 5.40. The molecule has 0 spiro atoms. The molecular weight excluding hydrogens is 164 g/mol. The van der Waals surface area contributed by atoms with E-state index in [1.165, 1.54) is 13.0 Å². The van der Waals surface area contributed by atoms with Crippen molar-refractivity contribution in [1.82, 2.24) is 4.90 Å². The molecular formula is C10H21N2O+. The quantitative estimate of drug-likeness (QED) is 0.651. The lowest BCUT2D eigenvalue weighted by molar-refractivity contribution is -0.666. The Morgan fingerprint density at radius 1 is 1.46 bits per heavy atom. The predicted octanol–water partition coefficient (Wildman–Crippen LogP) is -0.172. The normalized spacial score (nSPS) is 22.8. The predicted molar refractivity (Wildman–Crippen MR) is 52.3 cm³/mol. The number of nitrogens with two attached hydrogens (primary N) is 1. The molecule has 1 aliphatic heterocycles. The summed E-state index contributed by atoms with van der Waals surface area (Å²) in [5.41, 5.74) is 0. The first kappa shape index (κ1) is 10.5. The molecule has 1 aliphatic rings. The molecule has 0 aromatic carbocycles. The maximum atomic E-state index is 11.9. The van der Waals surface area contributed by atoms with Crippen LogP contribution < -0.4 is 5.32 Å². The summed E-state index contributed by atoms with van der Waals surface area (Å²) in [4.78, 5) is 13.8. The molecule has 13 heavy (non-hydrogen) atoms. The number of quaternary nitrogens is 1. The first-order valence-corrected chi connectivity index (χ1v) is 5.40. The number of carbonyl (C=O) groups excluding carboxylic acids is 1. The molecule has 0 aromatic heterocycles. The highest BCUT2D eigenvalue weighted by Crippen LogP contribution is 2.10. The topological polar surface area (TPSA) is 36.9 Å². The van der Waals surface area contributed by atoms with Crippen molar-refractivity contribution in [2.75, 3.05) is 26.2 Å². The van der Waals surface area contributed by atoms with E-state index in [1.54, 1.807) is 0 Å². The zero-order chi connectivity index (χ0) is 9.68. The van der Waals surface area contributed by atoms with Crippen molar-refractivity contribution in [3.05, 3.63) is 0 Å². The van der Waals surface area contributed by atoms with Crippen LogP contribution in [-0.4, -0.2) is 37.0 Å². The number of nitrogens with zero attached hydrogens (tertiary/aromatic N) is 1. The van der Waals surface area contributed by atoms with Crippen molar-refractivity contribution in [2.45, 2.75) is 26.7 Å². The van der Waals surface area contributed by atoms with E-state index < -0.39 is 0 Å². The lowest BCUT2D eigenvalue weighted by Gasteiger charge is -2.26. The number of amides is 1. The third kappa shape index (κ3) is 2.69. The van der Waals surface area contributed by atoms with Crippen LogP contribution in [0.4, 0.5) is 0 Å². The summed E-state index contributed by atoms with van der Waals surface area (Å²) in [6.07, 6.45) is 2.28. The van der Waals surface area contributed by atoms with Gasteiger partial charge in [0.15, 0.2) is 0 Å². The number of carbonyl (C=O) groups is 1. The van der Waals surface area contributed by atoms with Crippen molar-refractivity contribution in [3.63, 3.8) is 0 Å². The van der Waals surface area contributed by atoms with Crippen molar-refractivity contribution in [3.8, 4) is 0 Å². The summed E-state index contributed by atoms with van der Waals surface area (Å²) < 4.78 is 0. The second kappa shape index (κ2) is 5.22. The lowest BCUT2D eigenvalue weighted by atomic mass is 9.98. The molecule has 1 fully saturated rings. The van der Waals surface area contributed by atoms with E-state index in [1.807, 2.05) is 18.7 Å². The highest BCUT2D eigenvalue weighted by molar-refractivity contribution is 5.78. The van der Waals surface area contributed by atoms with Crippen LogP contribution in [0.5, 0.6) is 0 Å². The van der Waals surface area contributed by atoms with Gasteiger partial charge in [-0.05, 0) is 26.7 Å². The fourth-order valence-corrected chi connectivity index (χ4v) is 1.96. The third-order valence-corrected chi connectivity index (χ3v) is 2.84. The molecule has 1 atom stereocenters. The second-order valence-electron chi connectivity index (χ2n) is 3.66. The van der Waals surface area contributed by atoms with Crippen LogP contribution in [0.2, 0.25) is 0 Å². The number of piperidine rings is 1. The molecule has 3 heteroatoms. The number of rotatable bonds is 3. The monoisotopic (exact) mass is 185 g/mol. The Balaban J connectivity index is 2.44. The first-order chi connectivity index (χ1) is 6.29. The zero-order valence-electron chi connectivity index (χ0n) is 8.75. The lowest BCUT2D eigenvalue weighted by Crippen LogP contribution is -2.87. The minimum atomic E-state index is 0.286. The van der Waals surface area contributed by atoms with E-state index in [-0.39, 0.29) is 5.92 Å². The van der Waals surface area contributed by atoms with Gasteiger partial charge in [-0.15, -0.1) is 0 Å². The van der Waals surface area contributed by atoms with Crippen LogP contribution in [-0.2, 0) is 4.79 Å². The summed E-state index contributed by atoms with van der Waals surface area (Å²) in [6, 6.07) is 0. The molecule has 1 amide bonds. The Morgan fingerprint density at radius 3 is 2.62 bits per heavy atom. The van der Waals surface area contributed by atoms with E-state index in [4.69, 9.17) is 0 Å².